The van der Waals surface area contributed by atoms with Gasteiger partial charge < -0.3 is 10.2 Å². The molecule has 0 spiro atoms. The van der Waals surface area contributed by atoms with E-state index in [0.717, 1.165) is 37.8 Å². The molecule has 1 N–H and O–H groups in total. The van der Waals surface area contributed by atoms with Crippen LogP contribution in [0.15, 0.2) is 6.20 Å². The van der Waals surface area contributed by atoms with Gasteiger partial charge in [0, 0.05) is 37.1 Å². The third-order valence-electron chi connectivity index (χ3n) is 4.08. The number of hydrogen-bond donors (Lipinski definition) is 1. The van der Waals surface area contributed by atoms with Crippen LogP contribution in [0.25, 0.3) is 0 Å². The van der Waals surface area contributed by atoms with Gasteiger partial charge in [-0.15, -0.1) is 0 Å². The van der Waals surface area contributed by atoms with E-state index in [2.05, 4.69) is 36.0 Å². The van der Waals surface area contributed by atoms with Crippen LogP contribution in [0, 0.1) is 12.8 Å². The average molecular weight is 290 g/mol. The molecule has 4 nitrogen and oxygen atoms in total. The molecule has 0 aromatic carbocycles. The third-order valence-corrected chi connectivity index (χ3v) is 4.08. The smallest absolute Gasteiger partial charge is 0.225 e. The van der Waals surface area contributed by atoms with Gasteiger partial charge in [0.15, 0.2) is 0 Å². The molecule has 4 heteroatoms. The second-order valence-corrected chi connectivity index (χ2v) is 6.56. The van der Waals surface area contributed by atoms with Crippen molar-refractivity contribution in [1.29, 1.82) is 0 Å². The van der Waals surface area contributed by atoms with Gasteiger partial charge in [0.25, 0.3) is 0 Å². The van der Waals surface area contributed by atoms with E-state index in [1.165, 1.54) is 37.7 Å². The average Bonchev–Trinajstić information content (AvgIpc) is 2.40. The first kappa shape index (κ1) is 16.2. The van der Waals surface area contributed by atoms with Crippen LogP contribution < -0.4 is 10.2 Å². The molecule has 1 aromatic rings. The van der Waals surface area contributed by atoms with Gasteiger partial charge in [0.1, 0.15) is 0 Å². The predicted molar refractivity (Wildman–Crippen MR) is 88.6 cm³/mol. The molecule has 0 atom stereocenters. The zero-order valence-corrected chi connectivity index (χ0v) is 13.9. The number of nitrogens with one attached hydrogen (secondary N) is 1. The maximum atomic E-state index is 4.74. The number of aromatic nitrogens is 2. The second kappa shape index (κ2) is 8.32. The lowest BCUT2D eigenvalue weighted by molar-refractivity contribution is 0.545. The van der Waals surface area contributed by atoms with Crippen LogP contribution in [-0.2, 0) is 6.54 Å². The third kappa shape index (κ3) is 5.27. The lowest BCUT2D eigenvalue weighted by Gasteiger charge is -2.25. The van der Waals surface area contributed by atoms with Gasteiger partial charge in [0.2, 0.25) is 5.95 Å². The maximum absolute atomic E-state index is 4.74. The predicted octanol–water partition coefficient (Wildman–Crippen LogP) is 3.30. The Balaban J connectivity index is 1.96. The molecular formula is C17H30N4. The fourth-order valence-corrected chi connectivity index (χ4v) is 2.75. The van der Waals surface area contributed by atoms with Crippen molar-refractivity contribution >= 4 is 5.95 Å². The first-order valence-corrected chi connectivity index (χ1v) is 8.45. The van der Waals surface area contributed by atoms with E-state index >= 15 is 0 Å². The molecule has 21 heavy (non-hydrogen) atoms. The van der Waals surface area contributed by atoms with Gasteiger partial charge in [-0.1, -0.05) is 33.1 Å². The molecule has 0 amide bonds. The highest BCUT2D eigenvalue weighted by Crippen LogP contribution is 2.16. The summed E-state index contributed by atoms with van der Waals surface area (Å²) in [4.78, 5) is 11.7. The summed E-state index contributed by atoms with van der Waals surface area (Å²) in [5.41, 5.74) is 2.32. The Morgan fingerprint density at radius 2 is 1.81 bits per heavy atom. The molecule has 1 saturated heterocycles. The molecule has 0 bridgehead atoms. The molecule has 2 heterocycles. The summed E-state index contributed by atoms with van der Waals surface area (Å²) in [6, 6.07) is 0. The monoisotopic (exact) mass is 290 g/mol. The van der Waals surface area contributed by atoms with Crippen molar-refractivity contribution in [2.24, 2.45) is 5.92 Å². The highest BCUT2D eigenvalue weighted by Gasteiger charge is 2.13. The molecule has 0 radical (unpaired) electrons. The van der Waals surface area contributed by atoms with E-state index in [0.29, 0.717) is 5.92 Å². The van der Waals surface area contributed by atoms with Crippen LogP contribution in [0.1, 0.15) is 57.2 Å². The van der Waals surface area contributed by atoms with Crippen LogP contribution in [0.3, 0.4) is 0 Å². The minimum Gasteiger partial charge on any atom is -0.341 e. The standard InChI is InChI=1S/C17H30N4/c1-14(2)11-18-12-16-13-19-17(20-15(16)3)21-9-7-5-4-6-8-10-21/h13-14,18H,4-12H2,1-3H3. The normalized spacial score (nSPS) is 16.9. The van der Waals surface area contributed by atoms with Gasteiger partial charge in [0.05, 0.1) is 0 Å². The summed E-state index contributed by atoms with van der Waals surface area (Å²) in [5.74, 6) is 1.59. The summed E-state index contributed by atoms with van der Waals surface area (Å²) in [6.45, 7) is 10.6. The van der Waals surface area contributed by atoms with Gasteiger partial charge in [-0.2, -0.15) is 0 Å². The Kier molecular flexibility index (Phi) is 6.43. The molecule has 0 aliphatic carbocycles. The number of hydrogen-bond acceptors (Lipinski definition) is 4. The van der Waals surface area contributed by atoms with Gasteiger partial charge in [-0.05, 0) is 32.2 Å². The molecule has 2 rings (SSSR count). The van der Waals surface area contributed by atoms with Crippen molar-refractivity contribution in [3.8, 4) is 0 Å². The fourth-order valence-electron chi connectivity index (χ4n) is 2.75. The highest BCUT2D eigenvalue weighted by molar-refractivity contribution is 5.32. The molecule has 1 aliphatic rings. The van der Waals surface area contributed by atoms with Crippen molar-refractivity contribution < 1.29 is 0 Å². The first-order chi connectivity index (χ1) is 10.2. The Morgan fingerprint density at radius 3 is 2.43 bits per heavy atom. The van der Waals surface area contributed by atoms with Crippen LogP contribution in [0.2, 0.25) is 0 Å². The van der Waals surface area contributed by atoms with E-state index in [9.17, 15) is 0 Å². The summed E-state index contributed by atoms with van der Waals surface area (Å²) < 4.78 is 0. The zero-order chi connectivity index (χ0) is 15.1. The van der Waals surface area contributed by atoms with E-state index in [-0.39, 0.29) is 0 Å². The molecule has 1 aromatic heterocycles. The van der Waals surface area contributed by atoms with Crippen molar-refractivity contribution in [3.63, 3.8) is 0 Å². The van der Waals surface area contributed by atoms with E-state index < -0.39 is 0 Å². The van der Waals surface area contributed by atoms with Crippen LogP contribution in [0.4, 0.5) is 5.95 Å². The molecule has 0 saturated carbocycles. The fraction of sp³-hybridized carbons (Fsp3) is 0.765. The van der Waals surface area contributed by atoms with E-state index in [1.54, 1.807) is 0 Å². The topological polar surface area (TPSA) is 41.1 Å². The van der Waals surface area contributed by atoms with Gasteiger partial charge in [-0.3, -0.25) is 0 Å². The zero-order valence-electron chi connectivity index (χ0n) is 13.9. The SMILES string of the molecule is Cc1nc(N2CCCCCCC2)ncc1CNCC(C)C. The van der Waals surface area contributed by atoms with E-state index in [1.807, 2.05) is 6.20 Å². The number of rotatable bonds is 5. The number of aryl methyl sites for hydroxylation is 1. The van der Waals surface area contributed by atoms with Crippen LogP contribution in [0.5, 0.6) is 0 Å². The number of anilines is 1. The van der Waals surface area contributed by atoms with Crippen LogP contribution >= 0.6 is 0 Å². The molecule has 118 valence electrons. The van der Waals surface area contributed by atoms with Crippen molar-refractivity contribution in [1.82, 2.24) is 15.3 Å². The van der Waals surface area contributed by atoms with Gasteiger partial charge >= 0.3 is 0 Å². The molecule has 1 fully saturated rings. The Bertz CT molecular complexity index is 423. The minimum atomic E-state index is 0.673. The summed E-state index contributed by atoms with van der Waals surface area (Å²) in [6.07, 6.45) is 8.59. The van der Waals surface area contributed by atoms with E-state index in [4.69, 9.17) is 4.98 Å². The Labute approximate surface area is 129 Å². The first-order valence-electron chi connectivity index (χ1n) is 8.45. The summed E-state index contributed by atoms with van der Waals surface area (Å²) in [5, 5.41) is 3.47. The number of nitrogens with zero attached hydrogens (tertiary/aromatic N) is 3. The largest absolute Gasteiger partial charge is 0.341 e. The van der Waals surface area contributed by atoms with Crippen molar-refractivity contribution in [2.45, 2.75) is 59.4 Å². The second-order valence-electron chi connectivity index (χ2n) is 6.56. The minimum absolute atomic E-state index is 0.673. The molecule has 0 unspecified atom stereocenters. The van der Waals surface area contributed by atoms with Gasteiger partial charge in [-0.25, -0.2) is 9.97 Å². The highest BCUT2D eigenvalue weighted by atomic mass is 15.2. The van der Waals surface area contributed by atoms with Crippen molar-refractivity contribution in [3.05, 3.63) is 17.5 Å². The lowest BCUT2D eigenvalue weighted by atomic mass is 10.1. The summed E-state index contributed by atoms with van der Waals surface area (Å²) >= 11 is 0. The van der Waals surface area contributed by atoms with Crippen LogP contribution in [-0.4, -0.2) is 29.6 Å². The quantitative estimate of drug-likeness (QED) is 0.903. The Morgan fingerprint density at radius 1 is 1.14 bits per heavy atom. The maximum Gasteiger partial charge on any atom is 0.225 e. The molecular weight excluding hydrogens is 260 g/mol. The lowest BCUT2D eigenvalue weighted by Crippen LogP contribution is -2.29. The molecule has 1 aliphatic heterocycles. The Hall–Kier alpha value is -1.16. The summed E-state index contributed by atoms with van der Waals surface area (Å²) in [7, 11) is 0. The van der Waals surface area contributed by atoms with Crippen molar-refractivity contribution in [2.75, 3.05) is 24.5 Å².